The zero-order valence-corrected chi connectivity index (χ0v) is 13.7. The Labute approximate surface area is 122 Å². The van der Waals surface area contributed by atoms with Gasteiger partial charge in [-0.2, -0.15) is 4.37 Å². The number of aromatic nitrogens is 3. The summed E-state index contributed by atoms with van der Waals surface area (Å²) in [5, 5.41) is 5.66. The van der Waals surface area contributed by atoms with Gasteiger partial charge in [0.25, 0.3) is 0 Å². The first-order valence-corrected chi connectivity index (χ1v) is 7.98. The molecule has 0 bridgehead atoms. The Morgan fingerprint density at radius 2 is 2.11 bits per heavy atom. The van der Waals surface area contributed by atoms with E-state index in [9.17, 15) is 0 Å². The Bertz CT molecular complexity index is 542. The molecule has 0 aromatic carbocycles. The Morgan fingerprint density at radius 3 is 2.63 bits per heavy atom. The van der Waals surface area contributed by atoms with Gasteiger partial charge in [0.2, 0.25) is 0 Å². The van der Waals surface area contributed by atoms with Gasteiger partial charge in [0, 0.05) is 17.0 Å². The van der Waals surface area contributed by atoms with Crippen molar-refractivity contribution in [2.24, 2.45) is 0 Å². The first-order chi connectivity index (χ1) is 8.88. The van der Waals surface area contributed by atoms with Gasteiger partial charge in [-0.1, -0.05) is 13.8 Å². The molecule has 2 aromatic heterocycles. The van der Waals surface area contributed by atoms with E-state index in [4.69, 9.17) is 0 Å². The molecule has 0 atom stereocenters. The summed E-state index contributed by atoms with van der Waals surface area (Å²) < 4.78 is 4.37. The van der Waals surface area contributed by atoms with E-state index in [1.54, 1.807) is 11.3 Å². The summed E-state index contributed by atoms with van der Waals surface area (Å²) in [6.07, 6.45) is 1.92. The highest BCUT2D eigenvalue weighted by molar-refractivity contribution is 7.11. The maximum atomic E-state index is 4.54. The standard InChI is InChI=1S/C13H20N4S2/c1-8(2)11-16-10(19-17-11)7-15-13(4,5)12-14-6-9(3)18-12/h6,8,15H,7H2,1-5H3. The molecule has 2 heterocycles. The number of aryl methyl sites for hydroxylation is 1. The molecular weight excluding hydrogens is 276 g/mol. The number of hydrogen-bond acceptors (Lipinski definition) is 6. The number of thiazole rings is 1. The molecule has 19 heavy (non-hydrogen) atoms. The zero-order chi connectivity index (χ0) is 14.0. The fourth-order valence-corrected chi connectivity index (χ4v) is 3.15. The molecule has 0 saturated heterocycles. The second-order valence-corrected chi connectivity index (χ2v) is 7.53. The SMILES string of the molecule is Cc1cnc(C(C)(C)NCc2nc(C(C)C)ns2)s1. The fourth-order valence-electron chi connectivity index (χ4n) is 1.59. The third-order valence-corrected chi connectivity index (χ3v) is 4.80. The van der Waals surface area contributed by atoms with E-state index in [1.807, 2.05) is 6.20 Å². The monoisotopic (exact) mass is 296 g/mol. The Morgan fingerprint density at radius 1 is 1.37 bits per heavy atom. The van der Waals surface area contributed by atoms with Gasteiger partial charge in [-0.15, -0.1) is 11.3 Å². The molecule has 2 rings (SSSR count). The van der Waals surface area contributed by atoms with Crippen LogP contribution in [0, 0.1) is 6.92 Å². The molecule has 104 valence electrons. The Balaban J connectivity index is 2.00. The highest BCUT2D eigenvalue weighted by Crippen LogP contribution is 2.25. The number of rotatable bonds is 5. The van der Waals surface area contributed by atoms with Crippen LogP contribution in [0.5, 0.6) is 0 Å². The van der Waals surface area contributed by atoms with Crippen LogP contribution in [0.3, 0.4) is 0 Å². The fraction of sp³-hybridized carbons (Fsp3) is 0.615. The molecule has 2 aromatic rings. The van der Waals surface area contributed by atoms with Crippen molar-refractivity contribution in [2.75, 3.05) is 0 Å². The van der Waals surface area contributed by atoms with Crippen molar-refractivity contribution >= 4 is 22.9 Å². The van der Waals surface area contributed by atoms with Crippen LogP contribution >= 0.6 is 22.9 Å². The van der Waals surface area contributed by atoms with Crippen LogP contribution in [0.2, 0.25) is 0 Å². The summed E-state index contributed by atoms with van der Waals surface area (Å²) in [6.45, 7) is 11.3. The number of nitrogens with one attached hydrogen (secondary N) is 1. The van der Waals surface area contributed by atoms with Gasteiger partial charge in [0.1, 0.15) is 15.8 Å². The van der Waals surface area contributed by atoms with Gasteiger partial charge in [-0.25, -0.2) is 9.97 Å². The smallest absolute Gasteiger partial charge is 0.145 e. The molecule has 0 unspecified atom stereocenters. The topological polar surface area (TPSA) is 50.7 Å². The second kappa shape index (κ2) is 5.64. The average Bonchev–Trinajstić information content (AvgIpc) is 2.95. The Kier molecular flexibility index (Phi) is 4.32. The highest BCUT2D eigenvalue weighted by atomic mass is 32.1. The van der Waals surface area contributed by atoms with Gasteiger partial charge in [0.15, 0.2) is 0 Å². The van der Waals surface area contributed by atoms with Crippen molar-refractivity contribution in [3.8, 4) is 0 Å². The predicted molar refractivity (Wildman–Crippen MR) is 80.7 cm³/mol. The van der Waals surface area contributed by atoms with E-state index in [1.165, 1.54) is 16.4 Å². The van der Waals surface area contributed by atoms with E-state index < -0.39 is 0 Å². The molecule has 0 radical (unpaired) electrons. The molecule has 0 saturated carbocycles. The third-order valence-electron chi connectivity index (χ3n) is 2.84. The van der Waals surface area contributed by atoms with E-state index in [0.717, 1.165) is 22.4 Å². The molecular formula is C13H20N4S2. The van der Waals surface area contributed by atoms with Crippen molar-refractivity contribution < 1.29 is 0 Å². The van der Waals surface area contributed by atoms with Crippen molar-refractivity contribution in [1.82, 2.24) is 19.7 Å². The summed E-state index contributed by atoms with van der Waals surface area (Å²) in [5.74, 6) is 1.32. The van der Waals surface area contributed by atoms with E-state index in [-0.39, 0.29) is 5.54 Å². The number of nitrogens with zero attached hydrogens (tertiary/aromatic N) is 3. The molecule has 0 aliphatic heterocycles. The quantitative estimate of drug-likeness (QED) is 0.918. The minimum Gasteiger partial charge on any atom is -0.299 e. The summed E-state index contributed by atoms with van der Waals surface area (Å²) in [7, 11) is 0. The number of hydrogen-bond donors (Lipinski definition) is 1. The predicted octanol–water partition coefficient (Wildman–Crippen LogP) is 3.45. The van der Waals surface area contributed by atoms with Crippen LogP contribution in [0.25, 0.3) is 0 Å². The van der Waals surface area contributed by atoms with Crippen molar-refractivity contribution in [3.63, 3.8) is 0 Å². The largest absolute Gasteiger partial charge is 0.299 e. The van der Waals surface area contributed by atoms with Crippen LogP contribution in [0.1, 0.15) is 54.3 Å². The summed E-state index contributed by atoms with van der Waals surface area (Å²) in [4.78, 5) is 10.2. The minimum absolute atomic E-state index is 0.136. The first-order valence-electron chi connectivity index (χ1n) is 6.39. The third kappa shape index (κ3) is 3.58. The summed E-state index contributed by atoms with van der Waals surface area (Å²) in [5.41, 5.74) is -0.136. The van der Waals surface area contributed by atoms with Gasteiger partial charge in [-0.05, 0) is 32.3 Å². The van der Waals surface area contributed by atoms with Crippen LogP contribution in [0.15, 0.2) is 6.20 Å². The molecule has 0 fully saturated rings. The molecule has 0 amide bonds. The molecule has 0 aliphatic rings. The van der Waals surface area contributed by atoms with E-state index in [0.29, 0.717) is 5.92 Å². The van der Waals surface area contributed by atoms with E-state index in [2.05, 4.69) is 54.3 Å². The van der Waals surface area contributed by atoms with Crippen molar-refractivity contribution in [2.45, 2.75) is 52.6 Å². The van der Waals surface area contributed by atoms with Crippen molar-refractivity contribution in [1.29, 1.82) is 0 Å². The lowest BCUT2D eigenvalue weighted by atomic mass is 10.1. The lowest BCUT2D eigenvalue weighted by Gasteiger charge is -2.23. The van der Waals surface area contributed by atoms with Gasteiger partial charge >= 0.3 is 0 Å². The van der Waals surface area contributed by atoms with Crippen LogP contribution in [0.4, 0.5) is 0 Å². The Hall–Kier alpha value is -0.850. The summed E-state index contributed by atoms with van der Waals surface area (Å²) in [6, 6.07) is 0. The molecule has 0 aliphatic carbocycles. The average molecular weight is 296 g/mol. The lowest BCUT2D eigenvalue weighted by molar-refractivity contribution is 0.399. The molecule has 1 N–H and O–H groups in total. The van der Waals surface area contributed by atoms with Gasteiger partial charge in [0.05, 0.1) is 12.1 Å². The van der Waals surface area contributed by atoms with E-state index >= 15 is 0 Å². The maximum Gasteiger partial charge on any atom is 0.145 e. The molecule has 0 spiro atoms. The minimum atomic E-state index is -0.136. The first kappa shape index (κ1) is 14.6. The maximum absolute atomic E-state index is 4.54. The highest BCUT2D eigenvalue weighted by Gasteiger charge is 2.23. The summed E-state index contributed by atoms with van der Waals surface area (Å²) >= 11 is 3.21. The zero-order valence-electron chi connectivity index (χ0n) is 12.0. The van der Waals surface area contributed by atoms with Crippen LogP contribution < -0.4 is 5.32 Å². The second-order valence-electron chi connectivity index (χ2n) is 5.46. The lowest BCUT2D eigenvalue weighted by Crippen LogP contribution is -2.35. The molecule has 4 nitrogen and oxygen atoms in total. The van der Waals surface area contributed by atoms with Gasteiger partial charge in [-0.3, -0.25) is 5.32 Å². The van der Waals surface area contributed by atoms with Crippen LogP contribution in [-0.2, 0) is 12.1 Å². The normalized spacial score (nSPS) is 12.3. The van der Waals surface area contributed by atoms with Crippen LogP contribution in [-0.4, -0.2) is 14.3 Å². The van der Waals surface area contributed by atoms with Gasteiger partial charge < -0.3 is 0 Å². The molecule has 6 heteroatoms. The van der Waals surface area contributed by atoms with Crippen molar-refractivity contribution in [3.05, 3.63) is 26.9 Å².